The van der Waals surface area contributed by atoms with Gasteiger partial charge in [0.2, 0.25) is 5.91 Å². The summed E-state index contributed by atoms with van der Waals surface area (Å²) in [4.78, 5) is 15.8. The fourth-order valence-electron chi connectivity index (χ4n) is 3.04. The van der Waals surface area contributed by atoms with Crippen LogP contribution < -0.4 is 5.32 Å². The monoisotopic (exact) mass is 376 g/mol. The Kier molecular flexibility index (Phi) is 6.77. The van der Waals surface area contributed by atoms with Crippen molar-refractivity contribution in [3.8, 4) is 0 Å². The molecule has 1 atom stereocenters. The van der Waals surface area contributed by atoms with Crippen LogP contribution in [0.1, 0.15) is 28.8 Å². The summed E-state index contributed by atoms with van der Waals surface area (Å²) in [6.45, 7) is 4.90. The molecular formula is C20H25FN2O2S. The minimum Gasteiger partial charge on any atom is -0.377 e. The molecule has 3 rings (SSSR count). The maximum absolute atomic E-state index is 13.2. The van der Waals surface area contributed by atoms with E-state index in [2.05, 4.69) is 18.3 Å². The Morgan fingerprint density at radius 1 is 1.31 bits per heavy atom. The maximum atomic E-state index is 13.2. The molecule has 0 spiro atoms. The third-order valence-electron chi connectivity index (χ3n) is 4.61. The Labute approximate surface area is 158 Å². The van der Waals surface area contributed by atoms with Crippen molar-refractivity contribution in [2.75, 3.05) is 19.7 Å². The average Bonchev–Trinajstić information content (AvgIpc) is 3.28. The summed E-state index contributed by atoms with van der Waals surface area (Å²) in [5.74, 6) is -0.223. The number of rotatable bonds is 8. The number of nitrogens with zero attached hydrogens (tertiary/aromatic N) is 1. The van der Waals surface area contributed by atoms with Crippen LogP contribution in [0.25, 0.3) is 0 Å². The molecule has 1 aromatic carbocycles. The summed E-state index contributed by atoms with van der Waals surface area (Å²) in [5.41, 5.74) is 2.12. The lowest BCUT2D eigenvalue weighted by Crippen LogP contribution is -2.39. The molecule has 26 heavy (non-hydrogen) atoms. The predicted octanol–water partition coefficient (Wildman–Crippen LogP) is 3.49. The van der Waals surface area contributed by atoms with Gasteiger partial charge in [0, 0.05) is 24.6 Å². The average molecular weight is 376 g/mol. The highest BCUT2D eigenvalue weighted by atomic mass is 32.1. The molecule has 1 N–H and O–H groups in total. The molecule has 4 nitrogen and oxygen atoms in total. The lowest BCUT2D eigenvalue weighted by atomic mass is 10.2. The van der Waals surface area contributed by atoms with Gasteiger partial charge in [-0.25, -0.2) is 4.39 Å². The Morgan fingerprint density at radius 2 is 2.12 bits per heavy atom. The highest BCUT2D eigenvalue weighted by Crippen LogP contribution is 2.19. The summed E-state index contributed by atoms with van der Waals surface area (Å²) in [6, 6.07) is 8.40. The minimum atomic E-state index is -0.265. The van der Waals surface area contributed by atoms with Gasteiger partial charge in [-0.2, -0.15) is 0 Å². The highest BCUT2D eigenvalue weighted by Gasteiger charge is 2.18. The summed E-state index contributed by atoms with van der Waals surface area (Å²) in [7, 11) is 0. The van der Waals surface area contributed by atoms with Crippen molar-refractivity contribution in [3.05, 3.63) is 57.5 Å². The van der Waals surface area contributed by atoms with Crippen LogP contribution in [0.3, 0.4) is 0 Å². The zero-order valence-corrected chi connectivity index (χ0v) is 15.9. The molecule has 1 amide bonds. The van der Waals surface area contributed by atoms with Crippen molar-refractivity contribution in [3.63, 3.8) is 0 Å². The number of benzene rings is 1. The number of carbonyl (C=O) groups excluding carboxylic acids is 1. The Morgan fingerprint density at radius 3 is 2.77 bits per heavy atom. The van der Waals surface area contributed by atoms with Gasteiger partial charge in [0.25, 0.3) is 0 Å². The number of hydrogen-bond donors (Lipinski definition) is 1. The van der Waals surface area contributed by atoms with Crippen LogP contribution in [0.5, 0.6) is 0 Å². The quantitative estimate of drug-likeness (QED) is 0.767. The van der Waals surface area contributed by atoms with E-state index in [1.807, 2.05) is 10.3 Å². The molecule has 0 saturated carbocycles. The SMILES string of the molecule is Cc1ccsc1CN(Cc1ccc(F)cc1)C(=O)CNC[C@@H]1CCCO1. The number of halogens is 1. The van der Waals surface area contributed by atoms with Crippen LogP contribution in [0, 0.1) is 12.7 Å². The molecule has 0 unspecified atom stereocenters. The molecule has 0 radical (unpaired) electrons. The van der Waals surface area contributed by atoms with E-state index in [9.17, 15) is 9.18 Å². The van der Waals surface area contributed by atoms with Crippen molar-refractivity contribution < 1.29 is 13.9 Å². The van der Waals surface area contributed by atoms with Gasteiger partial charge >= 0.3 is 0 Å². The molecule has 1 aliphatic rings. The van der Waals surface area contributed by atoms with E-state index < -0.39 is 0 Å². The second-order valence-electron chi connectivity index (χ2n) is 6.67. The lowest BCUT2D eigenvalue weighted by molar-refractivity contribution is -0.131. The number of thiophene rings is 1. The van der Waals surface area contributed by atoms with Gasteiger partial charge in [0.1, 0.15) is 5.82 Å². The molecule has 6 heteroatoms. The molecule has 1 aromatic heterocycles. The molecule has 2 heterocycles. The summed E-state index contributed by atoms with van der Waals surface area (Å²) in [6.07, 6.45) is 2.36. The van der Waals surface area contributed by atoms with Crippen LogP contribution in [0.2, 0.25) is 0 Å². The van der Waals surface area contributed by atoms with Gasteiger partial charge in [-0.05, 0) is 54.5 Å². The first-order chi connectivity index (χ1) is 12.6. The van der Waals surface area contributed by atoms with Gasteiger partial charge in [0.05, 0.1) is 19.2 Å². The van der Waals surface area contributed by atoms with Gasteiger partial charge in [-0.15, -0.1) is 11.3 Å². The molecule has 0 bridgehead atoms. The van der Waals surface area contributed by atoms with Crippen molar-refractivity contribution in [1.29, 1.82) is 0 Å². The number of nitrogens with one attached hydrogen (secondary N) is 1. The number of amides is 1. The van der Waals surface area contributed by atoms with Gasteiger partial charge in [-0.1, -0.05) is 12.1 Å². The maximum Gasteiger partial charge on any atom is 0.237 e. The lowest BCUT2D eigenvalue weighted by Gasteiger charge is -2.23. The largest absolute Gasteiger partial charge is 0.377 e. The normalized spacial score (nSPS) is 16.8. The minimum absolute atomic E-state index is 0.0418. The highest BCUT2D eigenvalue weighted by molar-refractivity contribution is 7.10. The van der Waals surface area contributed by atoms with Crippen molar-refractivity contribution in [2.45, 2.75) is 39.0 Å². The zero-order chi connectivity index (χ0) is 18.4. The standard InChI is InChI=1S/C20H25FN2O2S/c1-15-8-10-26-19(15)14-23(13-16-4-6-17(21)7-5-16)20(24)12-22-11-18-3-2-9-25-18/h4-8,10,18,22H,2-3,9,11-14H2,1H3/t18-/m0/s1. The van der Waals surface area contributed by atoms with Gasteiger partial charge < -0.3 is 15.0 Å². The molecular weight excluding hydrogens is 351 g/mol. The van der Waals surface area contributed by atoms with Crippen molar-refractivity contribution in [1.82, 2.24) is 10.2 Å². The number of ether oxygens (including phenoxy) is 1. The van der Waals surface area contributed by atoms with Crippen LogP contribution in [-0.2, 0) is 22.6 Å². The number of aryl methyl sites for hydroxylation is 1. The Balaban J connectivity index is 1.61. The summed E-state index contributed by atoms with van der Waals surface area (Å²) in [5, 5.41) is 5.27. The van der Waals surface area contributed by atoms with Gasteiger partial charge in [-0.3, -0.25) is 4.79 Å². The van der Waals surface area contributed by atoms with E-state index in [0.717, 1.165) is 25.0 Å². The van der Waals surface area contributed by atoms with E-state index in [0.29, 0.717) is 19.6 Å². The zero-order valence-electron chi connectivity index (χ0n) is 15.0. The van der Waals surface area contributed by atoms with E-state index in [1.165, 1.54) is 22.6 Å². The molecule has 1 fully saturated rings. The first-order valence-corrected chi connectivity index (χ1v) is 9.87. The fraction of sp³-hybridized carbons (Fsp3) is 0.450. The summed E-state index contributed by atoms with van der Waals surface area (Å²) < 4.78 is 18.7. The molecule has 140 valence electrons. The van der Waals surface area contributed by atoms with Crippen LogP contribution in [-0.4, -0.2) is 36.6 Å². The Bertz CT molecular complexity index is 711. The van der Waals surface area contributed by atoms with Gasteiger partial charge in [0.15, 0.2) is 0 Å². The second-order valence-corrected chi connectivity index (χ2v) is 7.67. The van der Waals surface area contributed by atoms with Crippen LogP contribution in [0.4, 0.5) is 4.39 Å². The smallest absolute Gasteiger partial charge is 0.237 e. The van der Waals surface area contributed by atoms with Crippen molar-refractivity contribution in [2.24, 2.45) is 0 Å². The topological polar surface area (TPSA) is 41.6 Å². The predicted molar refractivity (Wildman–Crippen MR) is 102 cm³/mol. The first-order valence-electron chi connectivity index (χ1n) is 8.99. The Hall–Kier alpha value is -1.76. The van der Waals surface area contributed by atoms with E-state index >= 15 is 0 Å². The number of hydrogen-bond acceptors (Lipinski definition) is 4. The third kappa shape index (κ3) is 5.37. The third-order valence-corrected chi connectivity index (χ3v) is 5.62. The van der Waals surface area contributed by atoms with Crippen LogP contribution in [0.15, 0.2) is 35.7 Å². The molecule has 2 aromatic rings. The number of carbonyl (C=O) groups is 1. The first kappa shape index (κ1) is 19.0. The van der Waals surface area contributed by atoms with E-state index in [-0.39, 0.29) is 24.4 Å². The fourth-order valence-corrected chi connectivity index (χ4v) is 3.96. The molecule has 1 aliphatic heterocycles. The van der Waals surface area contributed by atoms with Crippen LogP contribution >= 0.6 is 11.3 Å². The van der Waals surface area contributed by atoms with E-state index in [4.69, 9.17) is 4.74 Å². The molecule has 0 aliphatic carbocycles. The van der Waals surface area contributed by atoms with Crippen molar-refractivity contribution >= 4 is 17.2 Å². The van der Waals surface area contributed by atoms with E-state index in [1.54, 1.807) is 23.5 Å². The molecule has 1 saturated heterocycles. The second kappa shape index (κ2) is 9.26. The summed E-state index contributed by atoms with van der Waals surface area (Å²) >= 11 is 1.66.